The molecule has 0 atom stereocenters. The highest BCUT2D eigenvalue weighted by Gasteiger charge is 2.27. The zero-order valence-corrected chi connectivity index (χ0v) is 9.99. The predicted octanol–water partition coefficient (Wildman–Crippen LogP) is 1.11. The van der Waals surface area contributed by atoms with Gasteiger partial charge in [0.25, 0.3) is 0 Å². The monoisotopic (exact) mass is 222 g/mol. The summed E-state index contributed by atoms with van der Waals surface area (Å²) in [6.07, 6.45) is 0. The van der Waals surface area contributed by atoms with E-state index in [1.165, 1.54) is 0 Å². The number of hydrogen-bond acceptors (Lipinski definition) is 4. The summed E-state index contributed by atoms with van der Waals surface area (Å²) < 4.78 is 10.5. The summed E-state index contributed by atoms with van der Waals surface area (Å²) in [4.78, 5) is 2.29. The van der Waals surface area contributed by atoms with Gasteiger partial charge in [-0.05, 0) is 19.2 Å². The van der Waals surface area contributed by atoms with Crippen LogP contribution in [-0.2, 0) is 0 Å². The van der Waals surface area contributed by atoms with Gasteiger partial charge in [-0.15, -0.1) is 0 Å². The van der Waals surface area contributed by atoms with E-state index < -0.39 is 0 Å². The van der Waals surface area contributed by atoms with E-state index in [-0.39, 0.29) is 0 Å². The maximum absolute atomic E-state index is 5.37. The van der Waals surface area contributed by atoms with Crippen LogP contribution in [0, 0.1) is 0 Å². The van der Waals surface area contributed by atoms with Crippen LogP contribution in [-0.4, -0.2) is 40.4 Å². The van der Waals surface area contributed by atoms with Crippen LogP contribution in [0.25, 0.3) is 0 Å². The van der Waals surface area contributed by atoms with E-state index in [0.717, 1.165) is 30.3 Å². The minimum absolute atomic E-state index is 0.590. The van der Waals surface area contributed by atoms with Gasteiger partial charge >= 0.3 is 0 Å². The van der Waals surface area contributed by atoms with Crippen molar-refractivity contribution in [3.8, 4) is 11.5 Å². The molecule has 1 saturated heterocycles. The number of rotatable bonds is 4. The van der Waals surface area contributed by atoms with E-state index in [1.54, 1.807) is 14.2 Å². The summed E-state index contributed by atoms with van der Waals surface area (Å²) in [5, 5.41) is 3.25. The van der Waals surface area contributed by atoms with Crippen LogP contribution in [0.2, 0.25) is 0 Å². The molecular formula is C12H18N2O2. The van der Waals surface area contributed by atoms with Gasteiger partial charge in [0.15, 0.2) is 0 Å². The Morgan fingerprint density at radius 2 is 2.00 bits per heavy atom. The minimum atomic E-state index is 0.590. The number of ether oxygens (including phenoxy) is 2. The number of likely N-dealkylation sites (N-methyl/N-ethyl adjacent to an activating group) is 1. The van der Waals surface area contributed by atoms with E-state index in [2.05, 4.69) is 10.2 Å². The lowest BCUT2D eigenvalue weighted by Crippen LogP contribution is -2.57. The lowest BCUT2D eigenvalue weighted by Gasteiger charge is -2.41. The van der Waals surface area contributed by atoms with E-state index in [4.69, 9.17) is 9.47 Å². The zero-order chi connectivity index (χ0) is 11.5. The fraction of sp³-hybridized carbons (Fsp3) is 0.500. The molecule has 1 N–H and O–H groups in total. The maximum Gasteiger partial charge on any atom is 0.145 e. The lowest BCUT2D eigenvalue weighted by atomic mass is 10.1. The van der Waals surface area contributed by atoms with Crippen LogP contribution in [0.1, 0.15) is 0 Å². The second-order valence-electron chi connectivity index (χ2n) is 3.93. The van der Waals surface area contributed by atoms with E-state index in [9.17, 15) is 0 Å². The van der Waals surface area contributed by atoms with Crippen LogP contribution in [0.3, 0.4) is 0 Å². The SMILES string of the molecule is CNC1CN(c2ccc(OC)cc2OC)C1. The summed E-state index contributed by atoms with van der Waals surface area (Å²) >= 11 is 0. The van der Waals surface area contributed by atoms with Crippen molar-refractivity contribution in [2.24, 2.45) is 0 Å². The van der Waals surface area contributed by atoms with E-state index >= 15 is 0 Å². The number of methoxy groups -OCH3 is 2. The average Bonchev–Trinajstić information content (AvgIpc) is 2.28. The molecule has 1 aromatic rings. The second-order valence-corrected chi connectivity index (χ2v) is 3.93. The van der Waals surface area contributed by atoms with E-state index in [0.29, 0.717) is 6.04 Å². The summed E-state index contributed by atoms with van der Waals surface area (Å²) in [6.45, 7) is 2.05. The van der Waals surface area contributed by atoms with Crippen LogP contribution in [0.15, 0.2) is 18.2 Å². The van der Waals surface area contributed by atoms with Gasteiger partial charge in [0.1, 0.15) is 11.5 Å². The highest BCUT2D eigenvalue weighted by Crippen LogP contribution is 2.34. The molecule has 2 rings (SSSR count). The van der Waals surface area contributed by atoms with Crippen molar-refractivity contribution in [3.63, 3.8) is 0 Å². The molecule has 1 aliphatic rings. The largest absolute Gasteiger partial charge is 0.497 e. The normalized spacial score (nSPS) is 15.8. The molecule has 0 spiro atoms. The first-order valence-corrected chi connectivity index (χ1v) is 5.42. The third-order valence-electron chi connectivity index (χ3n) is 3.02. The Hall–Kier alpha value is -1.42. The minimum Gasteiger partial charge on any atom is -0.497 e. The molecule has 1 heterocycles. The first-order valence-electron chi connectivity index (χ1n) is 5.42. The van der Waals surface area contributed by atoms with Gasteiger partial charge in [0.2, 0.25) is 0 Å². The van der Waals surface area contributed by atoms with Crippen molar-refractivity contribution in [2.45, 2.75) is 6.04 Å². The van der Waals surface area contributed by atoms with Crippen LogP contribution in [0.5, 0.6) is 11.5 Å². The number of anilines is 1. The second kappa shape index (κ2) is 4.61. The van der Waals surface area contributed by atoms with Gasteiger partial charge in [-0.2, -0.15) is 0 Å². The Labute approximate surface area is 96.2 Å². The highest BCUT2D eigenvalue weighted by atomic mass is 16.5. The number of nitrogens with one attached hydrogen (secondary N) is 1. The van der Waals surface area contributed by atoms with Crippen molar-refractivity contribution in [1.29, 1.82) is 0 Å². The number of benzene rings is 1. The van der Waals surface area contributed by atoms with Crippen molar-refractivity contribution in [3.05, 3.63) is 18.2 Å². The van der Waals surface area contributed by atoms with Crippen LogP contribution in [0.4, 0.5) is 5.69 Å². The van der Waals surface area contributed by atoms with Crippen LogP contribution < -0.4 is 19.7 Å². The molecule has 1 aromatic carbocycles. The molecular weight excluding hydrogens is 204 g/mol. The Balaban J connectivity index is 2.15. The Bertz CT molecular complexity index is 362. The summed E-state index contributed by atoms with van der Waals surface area (Å²) in [5.74, 6) is 1.69. The zero-order valence-electron chi connectivity index (χ0n) is 9.99. The highest BCUT2D eigenvalue weighted by molar-refractivity contribution is 5.62. The van der Waals surface area contributed by atoms with Gasteiger partial charge in [0.05, 0.1) is 19.9 Å². The Morgan fingerprint density at radius 3 is 2.56 bits per heavy atom. The van der Waals surface area contributed by atoms with Gasteiger partial charge in [0, 0.05) is 25.2 Å². The third kappa shape index (κ3) is 1.93. The molecule has 88 valence electrons. The summed E-state index contributed by atoms with van der Waals surface area (Å²) in [7, 11) is 5.34. The number of hydrogen-bond donors (Lipinski definition) is 1. The molecule has 1 fully saturated rings. The maximum atomic E-state index is 5.37. The van der Waals surface area contributed by atoms with Crippen molar-refractivity contribution in [2.75, 3.05) is 39.3 Å². The first-order chi connectivity index (χ1) is 7.78. The fourth-order valence-electron chi connectivity index (χ4n) is 1.90. The first kappa shape index (κ1) is 11.1. The third-order valence-corrected chi connectivity index (χ3v) is 3.02. The molecule has 4 nitrogen and oxygen atoms in total. The fourth-order valence-corrected chi connectivity index (χ4v) is 1.90. The summed E-state index contributed by atoms with van der Waals surface area (Å²) in [6, 6.07) is 6.52. The van der Waals surface area contributed by atoms with Gasteiger partial charge in [-0.3, -0.25) is 0 Å². The standard InChI is InChI=1S/C12H18N2O2/c1-13-9-7-14(8-9)11-5-4-10(15-2)6-12(11)16-3/h4-6,9,13H,7-8H2,1-3H3. The lowest BCUT2D eigenvalue weighted by molar-refractivity contribution is 0.388. The van der Waals surface area contributed by atoms with Crippen LogP contribution >= 0.6 is 0 Å². The molecule has 0 radical (unpaired) electrons. The van der Waals surface area contributed by atoms with Crippen molar-refractivity contribution < 1.29 is 9.47 Å². The molecule has 1 aliphatic heterocycles. The van der Waals surface area contributed by atoms with Crippen molar-refractivity contribution >= 4 is 5.69 Å². The van der Waals surface area contributed by atoms with Gasteiger partial charge in [-0.1, -0.05) is 0 Å². The van der Waals surface area contributed by atoms with Gasteiger partial charge < -0.3 is 19.7 Å². The molecule has 0 unspecified atom stereocenters. The molecule has 0 amide bonds. The quantitative estimate of drug-likeness (QED) is 0.827. The molecule has 0 bridgehead atoms. The van der Waals surface area contributed by atoms with E-state index in [1.807, 2.05) is 25.2 Å². The van der Waals surface area contributed by atoms with Gasteiger partial charge in [-0.25, -0.2) is 0 Å². The number of nitrogens with zero attached hydrogens (tertiary/aromatic N) is 1. The molecule has 16 heavy (non-hydrogen) atoms. The molecule has 0 saturated carbocycles. The Kier molecular flexibility index (Phi) is 3.19. The smallest absolute Gasteiger partial charge is 0.145 e. The molecule has 0 aromatic heterocycles. The Morgan fingerprint density at radius 1 is 1.25 bits per heavy atom. The van der Waals surface area contributed by atoms with Crippen molar-refractivity contribution in [1.82, 2.24) is 5.32 Å². The molecule has 4 heteroatoms. The summed E-state index contributed by atoms with van der Waals surface area (Å²) in [5.41, 5.74) is 1.13. The molecule has 0 aliphatic carbocycles. The average molecular weight is 222 g/mol. The predicted molar refractivity (Wildman–Crippen MR) is 64.6 cm³/mol. The topological polar surface area (TPSA) is 33.7 Å².